The molecule has 2 aliphatic carbocycles. The molecule has 3 aliphatic rings. The molecule has 0 saturated heterocycles. The predicted molar refractivity (Wildman–Crippen MR) is 102 cm³/mol. The fourth-order valence-corrected chi connectivity index (χ4v) is 4.60. The number of hydrogen-bond donors (Lipinski definition) is 1. The van der Waals surface area contributed by atoms with Crippen molar-refractivity contribution in [3.05, 3.63) is 41.1 Å². The minimum absolute atomic E-state index is 0.0248. The van der Waals surface area contributed by atoms with Gasteiger partial charge in [-0.15, -0.1) is 0 Å². The lowest BCUT2D eigenvalue weighted by Gasteiger charge is -2.35. The number of allylic oxidation sites excluding steroid dienone is 2. The van der Waals surface area contributed by atoms with Crippen LogP contribution in [0.2, 0.25) is 0 Å². The van der Waals surface area contributed by atoms with E-state index in [2.05, 4.69) is 4.99 Å². The Hall–Kier alpha value is -2.43. The first-order chi connectivity index (χ1) is 13.0. The van der Waals surface area contributed by atoms with Crippen molar-refractivity contribution in [1.29, 1.82) is 0 Å². The average Bonchev–Trinajstić information content (AvgIpc) is 3.14. The van der Waals surface area contributed by atoms with Gasteiger partial charge in [0.25, 0.3) is 0 Å². The number of phenolic OH excluding ortho intramolecular Hbond substituents is 1. The van der Waals surface area contributed by atoms with Crippen LogP contribution in [0.4, 0.5) is 0 Å². The molecule has 5 heteroatoms. The summed E-state index contributed by atoms with van der Waals surface area (Å²) in [4.78, 5) is 30.5. The van der Waals surface area contributed by atoms with E-state index in [4.69, 9.17) is 4.74 Å². The number of ether oxygens (including phenoxy) is 1. The van der Waals surface area contributed by atoms with Crippen LogP contribution in [-0.4, -0.2) is 28.7 Å². The molecule has 5 nitrogen and oxygen atoms in total. The van der Waals surface area contributed by atoms with E-state index in [1.54, 1.807) is 24.3 Å². The highest BCUT2D eigenvalue weighted by atomic mass is 16.5. The van der Waals surface area contributed by atoms with Crippen molar-refractivity contribution in [2.75, 3.05) is 0 Å². The number of ketones is 1. The largest absolute Gasteiger partial charge is 0.508 e. The van der Waals surface area contributed by atoms with Gasteiger partial charge in [-0.05, 0) is 63.1 Å². The zero-order valence-electron chi connectivity index (χ0n) is 15.6. The van der Waals surface area contributed by atoms with Crippen LogP contribution in [0.5, 0.6) is 5.75 Å². The number of benzene rings is 1. The third kappa shape index (κ3) is 3.43. The Labute approximate surface area is 159 Å². The molecule has 4 rings (SSSR count). The van der Waals surface area contributed by atoms with Crippen LogP contribution in [-0.2, 0) is 14.3 Å². The molecule has 0 bridgehead atoms. The standard InChI is InChI=1S/C22H25NO4/c1-13-19(22(26)27-16-5-2-3-6-16)20(14-9-11-15(24)12-10-14)21-17(23-13)7-4-8-18(21)25/h9-12,16,19-20,24H,2-8H2,1H3/t19?,20-/m1/s1. The first kappa shape index (κ1) is 18.0. The lowest BCUT2D eigenvalue weighted by Crippen LogP contribution is -2.38. The van der Waals surface area contributed by atoms with E-state index in [-0.39, 0.29) is 29.5 Å². The van der Waals surface area contributed by atoms with Crippen LogP contribution in [0.3, 0.4) is 0 Å². The van der Waals surface area contributed by atoms with E-state index in [1.165, 1.54) is 0 Å². The maximum Gasteiger partial charge on any atom is 0.315 e. The summed E-state index contributed by atoms with van der Waals surface area (Å²) < 4.78 is 5.81. The molecule has 27 heavy (non-hydrogen) atoms. The number of nitrogens with zero attached hydrogens (tertiary/aromatic N) is 1. The lowest BCUT2D eigenvalue weighted by atomic mass is 9.72. The second-order valence-electron chi connectivity index (χ2n) is 7.78. The first-order valence-electron chi connectivity index (χ1n) is 9.85. The van der Waals surface area contributed by atoms with Gasteiger partial charge in [0.15, 0.2) is 5.78 Å². The normalized spacial score (nSPS) is 26.0. The molecule has 1 aromatic carbocycles. The minimum atomic E-state index is -0.587. The fraction of sp³-hybridized carbons (Fsp3) is 0.500. The number of carbonyl (C=O) groups excluding carboxylic acids is 2. The number of carbonyl (C=O) groups is 2. The van der Waals surface area contributed by atoms with Crippen molar-refractivity contribution in [3.63, 3.8) is 0 Å². The van der Waals surface area contributed by atoms with Gasteiger partial charge < -0.3 is 9.84 Å². The number of aromatic hydroxyl groups is 1. The Morgan fingerprint density at radius 3 is 2.52 bits per heavy atom. The molecule has 1 N–H and O–H groups in total. The van der Waals surface area contributed by atoms with Crippen LogP contribution >= 0.6 is 0 Å². The van der Waals surface area contributed by atoms with Gasteiger partial charge in [-0.3, -0.25) is 14.6 Å². The second-order valence-corrected chi connectivity index (χ2v) is 7.78. The third-order valence-electron chi connectivity index (χ3n) is 5.93. The molecule has 0 amide bonds. The lowest BCUT2D eigenvalue weighted by molar-refractivity contribution is -0.151. The molecule has 1 aromatic rings. The molecule has 2 atom stereocenters. The van der Waals surface area contributed by atoms with E-state index in [0.717, 1.165) is 49.8 Å². The van der Waals surface area contributed by atoms with E-state index < -0.39 is 5.92 Å². The Bertz CT molecular complexity index is 815. The summed E-state index contributed by atoms with van der Waals surface area (Å²) in [7, 11) is 0. The van der Waals surface area contributed by atoms with Crippen LogP contribution in [0, 0.1) is 5.92 Å². The zero-order valence-corrected chi connectivity index (χ0v) is 15.6. The summed E-state index contributed by atoms with van der Waals surface area (Å²) in [6.45, 7) is 1.86. The van der Waals surface area contributed by atoms with E-state index in [1.807, 2.05) is 6.92 Å². The molecular weight excluding hydrogens is 342 g/mol. The third-order valence-corrected chi connectivity index (χ3v) is 5.93. The zero-order chi connectivity index (χ0) is 19.0. The molecule has 0 spiro atoms. The predicted octanol–water partition coefficient (Wildman–Crippen LogP) is 4.06. The highest BCUT2D eigenvalue weighted by Crippen LogP contribution is 2.44. The molecule has 1 saturated carbocycles. The van der Waals surface area contributed by atoms with E-state index in [0.29, 0.717) is 17.7 Å². The summed E-state index contributed by atoms with van der Waals surface area (Å²) in [6, 6.07) is 6.79. The van der Waals surface area contributed by atoms with Crippen LogP contribution in [0.15, 0.2) is 40.5 Å². The summed E-state index contributed by atoms with van der Waals surface area (Å²) >= 11 is 0. The summed E-state index contributed by atoms with van der Waals surface area (Å²) in [5.74, 6) is -1.03. The topological polar surface area (TPSA) is 76.0 Å². The number of hydrogen-bond acceptors (Lipinski definition) is 5. The molecule has 0 aromatic heterocycles. The quantitative estimate of drug-likeness (QED) is 0.818. The molecular formula is C22H25NO4. The average molecular weight is 367 g/mol. The highest BCUT2D eigenvalue weighted by molar-refractivity contribution is 6.08. The maximum atomic E-state index is 13.1. The number of aliphatic imine (C=N–C) groups is 1. The second kappa shape index (κ2) is 7.29. The van der Waals surface area contributed by atoms with Crippen LogP contribution < -0.4 is 0 Å². The monoisotopic (exact) mass is 367 g/mol. The Morgan fingerprint density at radius 2 is 1.81 bits per heavy atom. The highest BCUT2D eigenvalue weighted by Gasteiger charge is 2.43. The summed E-state index contributed by atoms with van der Waals surface area (Å²) in [5.41, 5.74) is 3.03. The van der Waals surface area contributed by atoms with Crippen molar-refractivity contribution in [3.8, 4) is 5.75 Å². The van der Waals surface area contributed by atoms with Crippen molar-refractivity contribution in [2.45, 2.75) is 63.9 Å². The van der Waals surface area contributed by atoms with Gasteiger partial charge in [0.05, 0.1) is 0 Å². The maximum absolute atomic E-state index is 13.1. The van der Waals surface area contributed by atoms with Crippen molar-refractivity contribution >= 4 is 17.5 Å². The smallest absolute Gasteiger partial charge is 0.315 e. The Kier molecular flexibility index (Phi) is 4.85. The van der Waals surface area contributed by atoms with Gasteiger partial charge in [0.1, 0.15) is 17.8 Å². The SMILES string of the molecule is CC1=NC2=C(C(=O)CCC2)[C@H](c2ccc(O)cc2)C1C(=O)OC1CCCC1. The molecule has 1 unspecified atom stereocenters. The van der Waals surface area contributed by atoms with Gasteiger partial charge in [0, 0.05) is 29.3 Å². The van der Waals surface area contributed by atoms with E-state index in [9.17, 15) is 14.7 Å². The van der Waals surface area contributed by atoms with Gasteiger partial charge in [0.2, 0.25) is 0 Å². The van der Waals surface area contributed by atoms with Gasteiger partial charge in [-0.1, -0.05) is 12.1 Å². The summed E-state index contributed by atoms with van der Waals surface area (Å²) in [5, 5.41) is 9.66. The van der Waals surface area contributed by atoms with E-state index >= 15 is 0 Å². The number of Topliss-reactive ketones (excluding diaryl/α,β-unsaturated/α-hetero) is 1. The summed E-state index contributed by atoms with van der Waals surface area (Å²) in [6.07, 6.45) is 6.02. The first-order valence-corrected chi connectivity index (χ1v) is 9.85. The van der Waals surface area contributed by atoms with Gasteiger partial charge in [-0.2, -0.15) is 0 Å². The molecule has 1 fully saturated rings. The van der Waals surface area contributed by atoms with Gasteiger partial charge >= 0.3 is 5.97 Å². The van der Waals surface area contributed by atoms with Crippen LogP contribution in [0.25, 0.3) is 0 Å². The number of esters is 1. The van der Waals surface area contributed by atoms with Crippen molar-refractivity contribution in [1.82, 2.24) is 0 Å². The molecule has 142 valence electrons. The van der Waals surface area contributed by atoms with Gasteiger partial charge in [-0.25, -0.2) is 0 Å². The fourth-order valence-electron chi connectivity index (χ4n) is 4.60. The Morgan fingerprint density at radius 1 is 1.11 bits per heavy atom. The molecule has 1 heterocycles. The molecule has 0 radical (unpaired) electrons. The minimum Gasteiger partial charge on any atom is -0.508 e. The molecule has 1 aliphatic heterocycles. The Balaban J connectivity index is 1.74. The number of rotatable bonds is 3. The van der Waals surface area contributed by atoms with Crippen molar-refractivity contribution < 1.29 is 19.4 Å². The van der Waals surface area contributed by atoms with Crippen molar-refractivity contribution in [2.24, 2.45) is 10.9 Å². The number of phenols is 1. The van der Waals surface area contributed by atoms with Crippen LogP contribution in [0.1, 0.15) is 63.4 Å².